The van der Waals surface area contributed by atoms with Crippen molar-refractivity contribution in [2.75, 3.05) is 5.73 Å². The summed E-state index contributed by atoms with van der Waals surface area (Å²) in [5.41, 5.74) is 10.4. The van der Waals surface area contributed by atoms with Gasteiger partial charge in [0.2, 0.25) is 0 Å². The number of hydrogen-bond acceptors (Lipinski definition) is 3. The smallest absolute Gasteiger partial charge is 0.267 e. The molecule has 52 valence electrons. The molecule has 0 aliphatic heterocycles. The van der Waals surface area contributed by atoms with E-state index < -0.39 is 5.91 Å². The van der Waals surface area contributed by atoms with Crippen molar-refractivity contribution in [2.24, 2.45) is 5.73 Å². The molecule has 0 radical (unpaired) electrons. The number of pyridine rings is 1. The Kier molecular flexibility index (Phi) is 1.53. The van der Waals surface area contributed by atoms with Gasteiger partial charge >= 0.3 is 0 Å². The maximum atomic E-state index is 10.5. The van der Waals surface area contributed by atoms with Crippen LogP contribution in [0.4, 0.5) is 5.82 Å². The summed E-state index contributed by atoms with van der Waals surface area (Å²) in [7, 11) is 0. The SMILES string of the molecule is NC(=O)c1cccc(N)n1. The Balaban J connectivity index is 3.07. The predicted octanol–water partition coefficient (Wildman–Crippen LogP) is -0.237. The van der Waals surface area contributed by atoms with Gasteiger partial charge in [-0.05, 0) is 12.1 Å². The zero-order valence-corrected chi connectivity index (χ0v) is 5.24. The summed E-state index contributed by atoms with van der Waals surface area (Å²) in [5.74, 6) is -0.261. The molecule has 0 saturated carbocycles. The van der Waals surface area contributed by atoms with Crippen LogP contribution < -0.4 is 11.5 Å². The second-order valence-corrected chi connectivity index (χ2v) is 1.81. The zero-order chi connectivity index (χ0) is 7.56. The van der Waals surface area contributed by atoms with E-state index in [1.807, 2.05) is 0 Å². The first-order valence-electron chi connectivity index (χ1n) is 2.72. The van der Waals surface area contributed by atoms with Gasteiger partial charge in [-0.25, -0.2) is 4.98 Å². The summed E-state index contributed by atoms with van der Waals surface area (Å²) in [5, 5.41) is 0. The molecule has 1 aromatic rings. The van der Waals surface area contributed by atoms with Gasteiger partial charge < -0.3 is 11.5 Å². The maximum Gasteiger partial charge on any atom is 0.267 e. The van der Waals surface area contributed by atoms with Gasteiger partial charge in [-0.15, -0.1) is 0 Å². The molecular weight excluding hydrogens is 130 g/mol. The van der Waals surface area contributed by atoms with E-state index in [9.17, 15) is 4.79 Å². The Morgan fingerprint density at radius 3 is 2.60 bits per heavy atom. The van der Waals surface area contributed by atoms with Gasteiger partial charge in [0.25, 0.3) is 5.91 Å². The molecule has 0 atom stereocenters. The number of nitrogens with zero attached hydrogens (tertiary/aromatic N) is 1. The second-order valence-electron chi connectivity index (χ2n) is 1.81. The van der Waals surface area contributed by atoms with E-state index in [0.717, 1.165) is 0 Å². The lowest BCUT2D eigenvalue weighted by Crippen LogP contribution is -2.13. The van der Waals surface area contributed by atoms with Gasteiger partial charge in [-0.1, -0.05) is 6.07 Å². The number of nitrogen functional groups attached to an aromatic ring is 1. The number of carbonyl (C=O) groups excluding carboxylic acids is 1. The van der Waals surface area contributed by atoms with Crippen LogP contribution >= 0.6 is 0 Å². The third kappa shape index (κ3) is 1.22. The number of hydrogen-bond donors (Lipinski definition) is 2. The minimum atomic E-state index is -0.563. The molecular formula is C6H7N3O. The molecule has 4 nitrogen and oxygen atoms in total. The average molecular weight is 137 g/mol. The number of rotatable bonds is 1. The highest BCUT2D eigenvalue weighted by atomic mass is 16.1. The van der Waals surface area contributed by atoms with Crippen LogP contribution in [0.5, 0.6) is 0 Å². The second kappa shape index (κ2) is 2.34. The molecule has 1 aromatic heterocycles. The first-order valence-corrected chi connectivity index (χ1v) is 2.72. The summed E-state index contributed by atoms with van der Waals surface area (Å²) in [4.78, 5) is 14.1. The Morgan fingerprint density at radius 1 is 1.50 bits per heavy atom. The first-order chi connectivity index (χ1) is 4.70. The minimum absolute atomic E-state index is 0.194. The molecule has 1 heterocycles. The van der Waals surface area contributed by atoms with Crippen molar-refractivity contribution in [3.63, 3.8) is 0 Å². The van der Waals surface area contributed by atoms with E-state index in [1.165, 1.54) is 6.07 Å². The van der Waals surface area contributed by atoms with Crippen LogP contribution in [0.1, 0.15) is 10.5 Å². The number of primary amides is 1. The lowest BCUT2D eigenvalue weighted by molar-refractivity contribution is 0.0995. The van der Waals surface area contributed by atoms with Crippen LogP contribution in [-0.4, -0.2) is 10.9 Å². The number of aromatic nitrogens is 1. The van der Waals surface area contributed by atoms with Crippen molar-refractivity contribution in [1.82, 2.24) is 4.98 Å². The number of carbonyl (C=O) groups is 1. The summed E-state index contributed by atoms with van der Waals surface area (Å²) in [6, 6.07) is 4.73. The van der Waals surface area contributed by atoms with Crippen molar-refractivity contribution in [1.29, 1.82) is 0 Å². The molecule has 0 aliphatic carbocycles. The lowest BCUT2D eigenvalue weighted by atomic mass is 10.3. The van der Waals surface area contributed by atoms with Gasteiger partial charge in [0, 0.05) is 0 Å². The maximum absolute atomic E-state index is 10.5. The Hall–Kier alpha value is -1.58. The van der Waals surface area contributed by atoms with Crippen LogP contribution in [0.2, 0.25) is 0 Å². The number of nitrogens with two attached hydrogens (primary N) is 2. The number of anilines is 1. The van der Waals surface area contributed by atoms with Crippen molar-refractivity contribution < 1.29 is 4.79 Å². The highest BCUT2D eigenvalue weighted by molar-refractivity contribution is 5.90. The van der Waals surface area contributed by atoms with Crippen LogP contribution in [0.25, 0.3) is 0 Å². The van der Waals surface area contributed by atoms with Crippen molar-refractivity contribution >= 4 is 11.7 Å². The fraction of sp³-hybridized carbons (Fsp3) is 0. The Morgan fingerprint density at radius 2 is 2.20 bits per heavy atom. The molecule has 1 amide bonds. The van der Waals surface area contributed by atoms with Gasteiger partial charge in [0.05, 0.1) is 0 Å². The molecule has 10 heavy (non-hydrogen) atoms. The standard InChI is InChI=1S/C6H7N3O/c7-5-3-1-2-4(9-5)6(8)10/h1-3H,(H2,7,9)(H2,8,10). The number of amides is 1. The molecule has 4 heteroatoms. The summed E-state index contributed by atoms with van der Waals surface area (Å²) in [6.07, 6.45) is 0. The molecule has 4 N–H and O–H groups in total. The third-order valence-electron chi connectivity index (χ3n) is 1.02. The van der Waals surface area contributed by atoms with Crippen LogP contribution in [0.15, 0.2) is 18.2 Å². The fourth-order valence-electron chi connectivity index (χ4n) is 0.589. The van der Waals surface area contributed by atoms with E-state index in [0.29, 0.717) is 5.82 Å². The molecule has 0 bridgehead atoms. The van der Waals surface area contributed by atoms with Gasteiger partial charge in [0.1, 0.15) is 11.5 Å². The highest BCUT2D eigenvalue weighted by Crippen LogP contribution is 1.98. The molecule has 0 saturated heterocycles. The molecule has 0 spiro atoms. The average Bonchev–Trinajstić information content (AvgIpc) is 1.88. The van der Waals surface area contributed by atoms with Gasteiger partial charge in [-0.3, -0.25) is 4.79 Å². The molecule has 0 unspecified atom stereocenters. The molecule has 1 rings (SSSR count). The van der Waals surface area contributed by atoms with Crippen LogP contribution in [-0.2, 0) is 0 Å². The Labute approximate surface area is 57.9 Å². The highest BCUT2D eigenvalue weighted by Gasteiger charge is 1.99. The zero-order valence-electron chi connectivity index (χ0n) is 5.24. The Bertz CT molecular complexity index is 259. The predicted molar refractivity (Wildman–Crippen MR) is 37.2 cm³/mol. The van der Waals surface area contributed by atoms with E-state index in [1.54, 1.807) is 12.1 Å². The van der Waals surface area contributed by atoms with E-state index in [4.69, 9.17) is 11.5 Å². The normalized spacial score (nSPS) is 9.20. The van der Waals surface area contributed by atoms with Crippen molar-refractivity contribution in [2.45, 2.75) is 0 Å². The first kappa shape index (κ1) is 6.54. The molecule has 0 aliphatic rings. The van der Waals surface area contributed by atoms with Crippen molar-refractivity contribution in [3.05, 3.63) is 23.9 Å². The topological polar surface area (TPSA) is 82.0 Å². The summed E-state index contributed by atoms with van der Waals surface area (Å²) < 4.78 is 0. The minimum Gasteiger partial charge on any atom is -0.384 e. The lowest BCUT2D eigenvalue weighted by Gasteiger charge is -1.93. The van der Waals surface area contributed by atoms with Crippen LogP contribution in [0.3, 0.4) is 0 Å². The quantitative estimate of drug-likeness (QED) is 0.560. The molecule has 0 aromatic carbocycles. The largest absolute Gasteiger partial charge is 0.384 e. The van der Waals surface area contributed by atoms with Gasteiger partial charge in [0.15, 0.2) is 0 Å². The van der Waals surface area contributed by atoms with Crippen molar-refractivity contribution in [3.8, 4) is 0 Å². The molecule has 0 fully saturated rings. The monoisotopic (exact) mass is 137 g/mol. The van der Waals surface area contributed by atoms with Gasteiger partial charge in [-0.2, -0.15) is 0 Å². The van der Waals surface area contributed by atoms with Crippen LogP contribution in [0, 0.1) is 0 Å². The van der Waals surface area contributed by atoms with E-state index in [-0.39, 0.29) is 5.69 Å². The van der Waals surface area contributed by atoms with E-state index >= 15 is 0 Å². The van der Waals surface area contributed by atoms with E-state index in [2.05, 4.69) is 4.98 Å². The third-order valence-corrected chi connectivity index (χ3v) is 1.02. The summed E-state index contributed by atoms with van der Waals surface area (Å²) >= 11 is 0. The summed E-state index contributed by atoms with van der Waals surface area (Å²) in [6.45, 7) is 0. The fourth-order valence-corrected chi connectivity index (χ4v) is 0.589.